The molecule has 0 radical (unpaired) electrons. The molecule has 2 amide bonds. The number of hydrogen-bond donors (Lipinski definition) is 3. The van der Waals surface area contributed by atoms with Gasteiger partial charge in [-0.05, 0) is 87.7 Å². The Bertz CT molecular complexity index is 1810. The van der Waals surface area contributed by atoms with Gasteiger partial charge >= 0.3 is 0 Å². The van der Waals surface area contributed by atoms with Gasteiger partial charge in [0.25, 0.3) is 11.8 Å². The summed E-state index contributed by atoms with van der Waals surface area (Å²) < 4.78 is 30.7. The van der Waals surface area contributed by atoms with E-state index in [9.17, 15) is 28.2 Å². The lowest BCUT2D eigenvalue weighted by Gasteiger charge is -2.43. The maximum atomic E-state index is 14.1. The number of anilines is 1. The summed E-state index contributed by atoms with van der Waals surface area (Å²) in [4.78, 5) is 42.3. The maximum Gasteiger partial charge on any atom is 0.265 e. The van der Waals surface area contributed by atoms with Crippen molar-refractivity contribution in [3.05, 3.63) is 47.5 Å². The SMILES string of the molecule is CCOc1c(CN2O[C@@H](CO)[C@@H]([C@H](C)O)[C@H]2C(=O)N=CC2C[C@@H](C)C(C)(C)C[C@@H]2C)cccc1-c1cc(C(=O)N[C@H](CN(C)C)CS(C)(=O)=O)cc(N(C)C)c1. The number of nitrogens with one attached hydrogen (secondary N) is 1. The van der Waals surface area contributed by atoms with Gasteiger partial charge in [-0.2, -0.15) is 5.06 Å². The molecule has 14 heteroatoms. The van der Waals surface area contributed by atoms with Gasteiger partial charge < -0.3 is 30.1 Å². The van der Waals surface area contributed by atoms with Crippen molar-refractivity contribution in [2.24, 2.45) is 34.1 Å². The first kappa shape index (κ1) is 45.3. The first-order valence-electron chi connectivity index (χ1n) is 19.7. The minimum absolute atomic E-state index is 0.0816. The first-order chi connectivity index (χ1) is 26.1. The number of aliphatic hydroxyl groups excluding tert-OH is 2. The lowest BCUT2D eigenvalue weighted by Crippen LogP contribution is -2.45. The van der Waals surface area contributed by atoms with Gasteiger partial charge in [0.1, 0.15) is 27.7 Å². The van der Waals surface area contributed by atoms with Crippen LogP contribution < -0.4 is 15.0 Å². The Morgan fingerprint density at radius 1 is 1.16 bits per heavy atom. The number of aliphatic hydroxyl groups is 2. The van der Waals surface area contributed by atoms with E-state index in [4.69, 9.17) is 9.57 Å². The second kappa shape index (κ2) is 18.9. The predicted octanol–water partition coefficient (Wildman–Crippen LogP) is 4.30. The summed E-state index contributed by atoms with van der Waals surface area (Å²) in [6.45, 7) is 12.8. The fourth-order valence-corrected chi connectivity index (χ4v) is 9.16. The van der Waals surface area contributed by atoms with E-state index in [2.05, 4.69) is 38.0 Å². The van der Waals surface area contributed by atoms with Gasteiger partial charge in [0.15, 0.2) is 0 Å². The number of hydrogen-bond acceptors (Lipinski definition) is 11. The van der Waals surface area contributed by atoms with E-state index in [0.29, 0.717) is 53.0 Å². The molecule has 4 rings (SSSR count). The zero-order valence-electron chi connectivity index (χ0n) is 35.2. The third-order valence-corrected chi connectivity index (χ3v) is 12.4. The summed E-state index contributed by atoms with van der Waals surface area (Å²) in [6.07, 6.45) is 3.09. The van der Waals surface area contributed by atoms with E-state index in [1.54, 1.807) is 25.3 Å². The summed E-state index contributed by atoms with van der Waals surface area (Å²) >= 11 is 0. The second-order valence-electron chi connectivity index (χ2n) is 17.2. The lowest BCUT2D eigenvalue weighted by molar-refractivity contribution is -0.181. The van der Waals surface area contributed by atoms with E-state index in [1.807, 2.05) is 69.2 Å². The quantitative estimate of drug-likeness (QED) is 0.208. The number of aliphatic imine (C=N–C) groups is 1. The van der Waals surface area contributed by atoms with E-state index < -0.39 is 58.5 Å². The summed E-state index contributed by atoms with van der Waals surface area (Å²) in [5.41, 5.74) is 3.36. The van der Waals surface area contributed by atoms with E-state index in [1.165, 1.54) is 5.06 Å². The maximum absolute atomic E-state index is 14.1. The van der Waals surface area contributed by atoms with Crippen molar-refractivity contribution in [2.75, 3.05) is 64.9 Å². The molecule has 312 valence electrons. The number of amides is 2. The molecule has 56 heavy (non-hydrogen) atoms. The van der Waals surface area contributed by atoms with Crippen molar-refractivity contribution >= 4 is 33.6 Å². The van der Waals surface area contributed by atoms with Gasteiger partial charge in [0.2, 0.25) is 0 Å². The highest BCUT2D eigenvalue weighted by molar-refractivity contribution is 7.90. The molecule has 2 fully saturated rings. The molecule has 2 aliphatic rings. The minimum atomic E-state index is -3.37. The average molecular weight is 800 g/mol. The number of hydroxylamine groups is 2. The van der Waals surface area contributed by atoms with Crippen molar-refractivity contribution in [1.29, 1.82) is 0 Å². The molecular weight excluding hydrogens is 735 g/mol. The molecule has 13 nitrogen and oxygen atoms in total. The standard InChI is InChI=1S/C42H65N5O8S/c1-12-54-39-29(22-47-38(37(28(4)49)36(24-48)55-47)41(51)43-21-32-16-27(3)42(5,6)20-26(32)2)14-13-15-35(39)30-17-31(19-34(18-30)46(9)10)40(50)44-33(23-45(7)8)25-56(11,52)53/h13-15,17-19,21,26-28,32-33,36-38,48-49H,12,16,20,22-25H2,1-11H3,(H,44,50)/t26-,27+,28-,32?,33+,36-,37+,38-/m0/s1. The molecule has 8 atom stereocenters. The van der Waals surface area contributed by atoms with E-state index >= 15 is 0 Å². The summed E-state index contributed by atoms with van der Waals surface area (Å²) in [6, 6.07) is 9.49. The number of carbonyl (C=O) groups excluding carboxylic acids is 2. The first-order valence-corrected chi connectivity index (χ1v) is 21.7. The molecule has 1 saturated carbocycles. The fraction of sp³-hybridized carbons (Fsp3) is 0.643. The minimum Gasteiger partial charge on any atom is -0.493 e. The Morgan fingerprint density at radius 3 is 2.45 bits per heavy atom. The van der Waals surface area contributed by atoms with Crippen LogP contribution in [-0.2, 0) is 26.0 Å². The Balaban J connectivity index is 1.72. The van der Waals surface area contributed by atoms with Gasteiger partial charge in [-0.15, -0.1) is 0 Å². The number of nitrogens with zero attached hydrogens (tertiary/aromatic N) is 4. The number of sulfone groups is 1. The molecule has 1 aliphatic carbocycles. The molecule has 0 spiro atoms. The molecule has 0 aromatic heterocycles. The molecule has 1 saturated heterocycles. The number of para-hydroxylation sites is 1. The van der Waals surface area contributed by atoms with Crippen LogP contribution in [-0.4, -0.2) is 131 Å². The van der Waals surface area contributed by atoms with Gasteiger partial charge in [-0.25, -0.2) is 13.4 Å². The van der Waals surface area contributed by atoms with Crippen LogP contribution in [0.15, 0.2) is 41.4 Å². The predicted molar refractivity (Wildman–Crippen MR) is 222 cm³/mol. The summed E-state index contributed by atoms with van der Waals surface area (Å²) in [5, 5.41) is 25.7. The Morgan fingerprint density at radius 2 is 1.86 bits per heavy atom. The normalized spacial score (nSPS) is 25.3. The monoisotopic (exact) mass is 799 g/mol. The van der Waals surface area contributed by atoms with Crippen LogP contribution in [0, 0.1) is 29.1 Å². The van der Waals surface area contributed by atoms with Gasteiger partial charge in [0.05, 0.1) is 37.7 Å². The van der Waals surface area contributed by atoms with Crippen molar-refractivity contribution in [3.63, 3.8) is 0 Å². The largest absolute Gasteiger partial charge is 0.493 e. The van der Waals surface area contributed by atoms with E-state index in [0.717, 1.165) is 24.8 Å². The van der Waals surface area contributed by atoms with Crippen LogP contribution in [0.5, 0.6) is 5.75 Å². The van der Waals surface area contributed by atoms with Gasteiger partial charge in [-0.1, -0.05) is 45.9 Å². The molecule has 2 aromatic rings. The van der Waals surface area contributed by atoms with Crippen LogP contribution in [0.25, 0.3) is 11.1 Å². The van der Waals surface area contributed by atoms with Crippen molar-refractivity contribution in [2.45, 2.75) is 85.2 Å². The molecular formula is C42H65N5O8S. The third-order valence-electron chi connectivity index (χ3n) is 11.4. The highest BCUT2D eigenvalue weighted by Gasteiger charge is 2.49. The lowest BCUT2D eigenvalue weighted by atomic mass is 9.62. The zero-order chi connectivity index (χ0) is 41.7. The van der Waals surface area contributed by atoms with Gasteiger partial charge in [0, 0.05) is 61.4 Å². The van der Waals surface area contributed by atoms with Crippen molar-refractivity contribution < 1.29 is 37.8 Å². The second-order valence-corrected chi connectivity index (χ2v) is 19.4. The number of likely N-dealkylation sites (N-methyl/N-ethyl adjacent to an activating group) is 1. The molecule has 1 unspecified atom stereocenters. The number of rotatable bonds is 16. The van der Waals surface area contributed by atoms with Crippen LogP contribution in [0.2, 0.25) is 0 Å². The topological polar surface area (TPSA) is 161 Å². The molecule has 3 N–H and O–H groups in total. The van der Waals surface area contributed by atoms with Crippen LogP contribution in [0.3, 0.4) is 0 Å². The average Bonchev–Trinajstić information content (AvgIpc) is 3.47. The Kier molecular flexibility index (Phi) is 15.3. The molecule has 1 heterocycles. The van der Waals surface area contributed by atoms with Crippen LogP contribution >= 0.6 is 0 Å². The smallest absolute Gasteiger partial charge is 0.265 e. The highest BCUT2D eigenvalue weighted by atomic mass is 32.2. The molecule has 1 aliphatic heterocycles. The number of benzene rings is 2. The van der Waals surface area contributed by atoms with E-state index in [-0.39, 0.29) is 23.6 Å². The Hall–Kier alpha value is -3.40. The zero-order valence-corrected chi connectivity index (χ0v) is 36.0. The number of carbonyl (C=O) groups is 2. The highest BCUT2D eigenvalue weighted by Crippen LogP contribution is 2.45. The Labute approximate surface area is 334 Å². The molecule has 0 bridgehead atoms. The van der Waals surface area contributed by atoms with Crippen LogP contribution in [0.4, 0.5) is 5.69 Å². The summed E-state index contributed by atoms with van der Waals surface area (Å²) in [7, 11) is 4.01. The molecule has 2 aromatic carbocycles. The van der Waals surface area contributed by atoms with Crippen molar-refractivity contribution in [3.8, 4) is 16.9 Å². The third kappa shape index (κ3) is 11.4. The van der Waals surface area contributed by atoms with Crippen LogP contribution in [0.1, 0.15) is 70.3 Å². The fourth-order valence-electron chi connectivity index (χ4n) is 8.24. The van der Waals surface area contributed by atoms with Gasteiger partial charge in [-0.3, -0.25) is 14.4 Å². The number of ether oxygens (including phenoxy) is 1. The van der Waals surface area contributed by atoms with Crippen molar-refractivity contribution in [1.82, 2.24) is 15.3 Å². The summed E-state index contributed by atoms with van der Waals surface area (Å²) in [5.74, 6) is -0.308.